The molecule has 0 aromatic carbocycles. The molecule has 0 saturated heterocycles. The van der Waals surface area contributed by atoms with E-state index in [9.17, 15) is 26.3 Å². The van der Waals surface area contributed by atoms with E-state index in [1.54, 1.807) is 0 Å². The Hall–Kier alpha value is -0.940. The molecule has 0 rings (SSSR count). The van der Waals surface area contributed by atoms with E-state index >= 15 is 0 Å². The van der Waals surface area contributed by atoms with Gasteiger partial charge < -0.3 is 0 Å². The van der Waals surface area contributed by atoms with Crippen LogP contribution in [0.4, 0.5) is 26.3 Å². The van der Waals surface area contributed by atoms with Gasteiger partial charge >= 0.3 is 6.18 Å². The van der Waals surface area contributed by atoms with E-state index in [1.165, 1.54) is 0 Å². The van der Waals surface area contributed by atoms with Gasteiger partial charge in [-0.15, -0.1) is 0 Å². The van der Waals surface area contributed by atoms with Crippen LogP contribution < -0.4 is 0 Å². The van der Waals surface area contributed by atoms with Crippen LogP contribution in [0.5, 0.6) is 0 Å². The molecule has 0 unspecified atom stereocenters. The average Bonchev–Trinajstić information content (AvgIpc) is 1.58. The lowest BCUT2D eigenvalue weighted by atomic mass is 10.6. The predicted molar refractivity (Wildman–Crippen MR) is 27.7 cm³/mol. The van der Waals surface area contributed by atoms with E-state index in [4.69, 9.17) is 0 Å². The first-order chi connectivity index (χ1) is 4.79. The van der Waals surface area contributed by atoms with Gasteiger partial charge in [0, 0.05) is 6.08 Å². The molecule has 0 fully saturated rings. The molecule has 0 aromatic rings. The molecule has 6 heteroatoms. The first kappa shape index (κ1) is 12.7. The lowest BCUT2D eigenvalue weighted by molar-refractivity contribution is -0.0805. The Morgan fingerprint density at radius 2 is 1.45 bits per heavy atom. The van der Waals surface area contributed by atoms with Crippen molar-refractivity contribution in [2.45, 2.75) is 6.18 Å². The van der Waals surface area contributed by atoms with Gasteiger partial charge in [0.05, 0.1) is 6.33 Å². The largest absolute Gasteiger partial charge is 0.411 e. The quantitative estimate of drug-likeness (QED) is 0.498. The van der Waals surface area contributed by atoms with Crippen LogP contribution >= 0.6 is 0 Å². The van der Waals surface area contributed by atoms with E-state index in [-0.39, 0.29) is 0 Å². The van der Waals surface area contributed by atoms with Crippen molar-refractivity contribution in [1.82, 2.24) is 0 Å². The normalized spacial score (nSPS) is 10.7. The van der Waals surface area contributed by atoms with Crippen molar-refractivity contribution in [3.63, 3.8) is 0 Å². The van der Waals surface area contributed by atoms with Crippen LogP contribution in [0, 0.1) is 0 Å². The minimum absolute atomic E-state index is 0.479. The third kappa shape index (κ3) is 48.2. The SMILES string of the molecule is C=C(F)F.F/C=C/C(F)(F)F. The molecule has 0 aliphatic heterocycles. The molecule has 0 spiro atoms. The summed E-state index contributed by atoms with van der Waals surface area (Å²) in [5.74, 6) is 0. The molecular weight excluding hydrogens is 174 g/mol. The Balaban J connectivity index is 0. The second kappa shape index (κ2) is 5.82. The molecule has 0 N–H and O–H groups in total. The summed E-state index contributed by atoms with van der Waals surface area (Å²) in [7, 11) is 0. The molecule has 0 bridgehead atoms. The molecule has 11 heavy (non-hydrogen) atoms. The maximum absolute atomic E-state index is 10.7. The van der Waals surface area contributed by atoms with Crippen LogP contribution in [0.1, 0.15) is 0 Å². The monoisotopic (exact) mass is 178 g/mol. The number of rotatable bonds is 0. The first-order valence-corrected chi connectivity index (χ1v) is 2.14. The molecule has 0 heterocycles. The Morgan fingerprint density at radius 1 is 1.18 bits per heavy atom. The molecule has 0 saturated carbocycles. The summed E-state index contributed by atoms with van der Waals surface area (Å²) in [6.45, 7) is 2.22. The van der Waals surface area contributed by atoms with Gasteiger partial charge in [0.2, 0.25) is 0 Å². The molecule has 0 aliphatic carbocycles. The molecule has 0 radical (unpaired) electrons. The summed E-state index contributed by atoms with van der Waals surface area (Å²) in [4.78, 5) is 0. The smallest absolute Gasteiger partial charge is 0.216 e. The van der Waals surface area contributed by atoms with E-state index in [1.807, 2.05) is 0 Å². The summed E-state index contributed by atoms with van der Waals surface area (Å²) < 4.78 is 63.1. The van der Waals surface area contributed by atoms with Gasteiger partial charge in [-0.3, -0.25) is 0 Å². The van der Waals surface area contributed by atoms with E-state index in [2.05, 4.69) is 6.58 Å². The van der Waals surface area contributed by atoms with Crippen LogP contribution in [-0.4, -0.2) is 6.18 Å². The number of allylic oxidation sites excluding steroid dienone is 1. The van der Waals surface area contributed by atoms with Gasteiger partial charge in [0.15, 0.2) is 0 Å². The van der Waals surface area contributed by atoms with Crippen LogP contribution in [0.15, 0.2) is 25.1 Å². The minimum atomic E-state index is -4.51. The van der Waals surface area contributed by atoms with Crippen molar-refractivity contribution in [3.05, 3.63) is 25.1 Å². The molecule has 0 aliphatic rings. The number of halogens is 6. The molecule has 0 amide bonds. The zero-order chi connectivity index (χ0) is 9.49. The van der Waals surface area contributed by atoms with Crippen LogP contribution in [0.3, 0.4) is 0 Å². The van der Waals surface area contributed by atoms with Gasteiger partial charge in [-0.25, -0.2) is 4.39 Å². The second-order valence-electron chi connectivity index (χ2n) is 1.17. The molecule has 0 nitrogen and oxygen atoms in total. The predicted octanol–water partition coefficient (Wildman–Crippen LogP) is 3.43. The van der Waals surface area contributed by atoms with Crippen molar-refractivity contribution in [3.8, 4) is 0 Å². The van der Waals surface area contributed by atoms with Crippen molar-refractivity contribution in [2.24, 2.45) is 0 Å². The lowest BCUT2D eigenvalue weighted by Crippen LogP contribution is -1.99. The molecular formula is C5H4F6. The third-order valence-electron chi connectivity index (χ3n) is 0.252. The minimum Gasteiger partial charge on any atom is -0.216 e. The van der Waals surface area contributed by atoms with Gasteiger partial charge in [-0.05, 0) is 6.58 Å². The van der Waals surface area contributed by atoms with E-state index in [0.717, 1.165) is 0 Å². The molecule has 66 valence electrons. The zero-order valence-corrected chi connectivity index (χ0v) is 5.13. The van der Waals surface area contributed by atoms with Gasteiger partial charge in [0.1, 0.15) is 0 Å². The Kier molecular flexibility index (Phi) is 6.72. The summed E-state index contributed by atoms with van der Waals surface area (Å²) in [5, 5.41) is 0. The van der Waals surface area contributed by atoms with Gasteiger partial charge in [-0.2, -0.15) is 22.0 Å². The Labute approximate surface area is 58.8 Å². The highest BCUT2D eigenvalue weighted by Gasteiger charge is 2.21. The van der Waals surface area contributed by atoms with Crippen molar-refractivity contribution < 1.29 is 26.3 Å². The van der Waals surface area contributed by atoms with Crippen LogP contribution in [-0.2, 0) is 0 Å². The van der Waals surface area contributed by atoms with Crippen molar-refractivity contribution in [1.29, 1.82) is 0 Å². The number of alkyl halides is 3. The second-order valence-corrected chi connectivity index (χ2v) is 1.17. The zero-order valence-electron chi connectivity index (χ0n) is 5.13. The van der Waals surface area contributed by atoms with Gasteiger partial charge in [0.25, 0.3) is 6.08 Å². The highest BCUT2D eigenvalue weighted by atomic mass is 19.4. The molecule has 0 atom stereocenters. The maximum atomic E-state index is 10.7. The summed E-state index contributed by atoms with van der Waals surface area (Å²) in [6, 6.07) is 0. The summed E-state index contributed by atoms with van der Waals surface area (Å²) in [6.07, 6.45) is -7.36. The van der Waals surface area contributed by atoms with Gasteiger partial charge in [-0.1, -0.05) is 0 Å². The maximum Gasteiger partial charge on any atom is 0.411 e. The van der Waals surface area contributed by atoms with Crippen LogP contribution in [0.25, 0.3) is 0 Å². The number of hydrogen-bond donors (Lipinski definition) is 0. The van der Waals surface area contributed by atoms with E-state index in [0.29, 0.717) is 0 Å². The standard InChI is InChI=1S/C3H2F4.C2H2F2/c4-2-1-3(5,6)7;1-2(3)4/h1-2H;1H2/b2-1+;. The third-order valence-corrected chi connectivity index (χ3v) is 0.252. The highest BCUT2D eigenvalue weighted by molar-refractivity contribution is 4.80. The Morgan fingerprint density at radius 3 is 1.45 bits per heavy atom. The fourth-order valence-corrected chi connectivity index (χ4v) is 0.0714. The fourth-order valence-electron chi connectivity index (χ4n) is 0.0714. The van der Waals surface area contributed by atoms with Crippen molar-refractivity contribution in [2.75, 3.05) is 0 Å². The number of hydrogen-bond acceptors (Lipinski definition) is 0. The average molecular weight is 178 g/mol. The topological polar surface area (TPSA) is 0 Å². The fraction of sp³-hybridized carbons (Fsp3) is 0.200. The molecule has 0 aromatic heterocycles. The highest BCUT2D eigenvalue weighted by Crippen LogP contribution is 2.15. The lowest BCUT2D eigenvalue weighted by Gasteiger charge is -1.92. The first-order valence-electron chi connectivity index (χ1n) is 2.14. The Bertz CT molecular complexity index is 128. The van der Waals surface area contributed by atoms with Crippen molar-refractivity contribution >= 4 is 0 Å². The van der Waals surface area contributed by atoms with E-state index < -0.39 is 24.7 Å². The summed E-state index contributed by atoms with van der Waals surface area (Å²) in [5.41, 5.74) is 0. The van der Waals surface area contributed by atoms with Crippen LogP contribution in [0.2, 0.25) is 0 Å². The summed E-state index contributed by atoms with van der Waals surface area (Å²) >= 11 is 0.